The van der Waals surface area contributed by atoms with Crippen molar-refractivity contribution >= 4 is 5.69 Å². The van der Waals surface area contributed by atoms with Crippen molar-refractivity contribution < 1.29 is 4.74 Å². The molecular formula is C16H26N2O. The van der Waals surface area contributed by atoms with Gasteiger partial charge in [-0.15, -0.1) is 0 Å². The average Bonchev–Trinajstić information content (AvgIpc) is 2.80. The molecule has 0 fully saturated rings. The number of nitrogens with two attached hydrogens (primary N) is 1. The van der Waals surface area contributed by atoms with E-state index in [0.717, 1.165) is 38.3 Å². The molecule has 0 heterocycles. The molecule has 0 bridgehead atoms. The number of fused-ring (bicyclic) bond motifs is 1. The quantitative estimate of drug-likeness (QED) is 0.559. The van der Waals surface area contributed by atoms with Crippen molar-refractivity contribution in [2.75, 3.05) is 25.5 Å². The van der Waals surface area contributed by atoms with Gasteiger partial charge in [-0.25, -0.2) is 0 Å². The number of rotatable bonds is 8. The van der Waals surface area contributed by atoms with Gasteiger partial charge in [0.25, 0.3) is 0 Å². The first-order valence-corrected chi connectivity index (χ1v) is 7.50. The first kappa shape index (κ1) is 14.4. The van der Waals surface area contributed by atoms with E-state index < -0.39 is 0 Å². The van der Waals surface area contributed by atoms with E-state index in [9.17, 15) is 0 Å². The number of nitrogens with one attached hydrogen (secondary N) is 1. The van der Waals surface area contributed by atoms with Crippen LogP contribution in [-0.4, -0.2) is 19.8 Å². The Morgan fingerprint density at radius 2 is 2.16 bits per heavy atom. The Bertz CT molecular complexity index is 392. The third kappa shape index (κ3) is 4.22. The molecule has 106 valence electrons. The number of aryl methyl sites for hydroxylation is 1. The van der Waals surface area contributed by atoms with Crippen LogP contribution in [0, 0.1) is 0 Å². The van der Waals surface area contributed by atoms with Crippen molar-refractivity contribution in [2.45, 2.75) is 45.1 Å². The first-order chi connectivity index (χ1) is 9.31. The van der Waals surface area contributed by atoms with Crippen LogP contribution in [0.4, 0.5) is 5.69 Å². The third-order valence-electron chi connectivity index (χ3n) is 3.74. The van der Waals surface area contributed by atoms with Gasteiger partial charge in [0.1, 0.15) is 0 Å². The predicted molar refractivity (Wildman–Crippen MR) is 80.3 cm³/mol. The Hall–Kier alpha value is -1.06. The summed E-state index contributed by atoms with van der Waals surface area (Å²) in [6.07, 6.45) is 5.80. The molecule has 1 atom stereocenters. The van der Waals surface area contributed by atoms with Crippen LogP contribution in [0.15, 0.2) is 18.2 Å². The van der Waals surface area contributed by atoms with Gasteiger partial charge in [-0.1, -0.05) is 19.4 Å². The molecule has 0 aromatic heterocycles. The molecular weight excluding hydrogens is 236 g/mol. The minimum absolute atomic E-state index is 0.506. The lowest BCUT2D eigenvalue weighted by atomic mass is 10.1. The molecule has 0 aliphatic heterocycles. The summed E-state index contributed by atoms with van der Waals surface area (Å²) in [5.41, 5.74) is 9.54. The molecule has 1 aromatic carbocycles. The molecule has 2 rings (SSSR count). The molecule has 3 heteroatoms. The van der Waals surface area contributed by atoms with E-state index in [-0.39, 0.29) is 0 Å². The van der Waals surface area contributed by atoms with Crippen LogP contribution >= 0.6 is 0 Å². The summed E-state index contributed by atoms with van der Waals surface area (Å²) < 4.78 is 5.57. The highest BCUT2D eigenvalue weighted by Gasteiger charge is 2.21. The zero-order valence-corrected chi connectivity index (χ0v) is 12.0. The SMILES string of the molecule is CCCCOCCCNC1CCc2cc(N)ccc21. The Kier molecular flexibility index (Phi) is 5.67. The zero-order valence-electron chi connectivity index (χ0n) is 12.0. The highest BCUT2D eigenvalue weighted by molar-refractivity contribution is 5.47. The molecule has 0 saturated heterocycles. The molecule has 0 saturated carbocycles. The molecule has 3 N–H and O–H groups in total. The van der Waals surface area contributed by atoms with Gasteiger partial charge in [0.2, 0.25) is 0 Å². The van der Waals surface area contributed by atoms with E-state index in [4.69, 9.17) is 10.5 Å². The Morgan fingerprint density at radius 1 is 1.32 bits per heavy atom. The minimum atomic E-state index is 0.506. The van der Waals surface area contributed by atoms with E-state index in [0.29, 0.717) is 6.04 Å². The number of unbranched alkanes of at least 4 members (excludes halogenated alkanes) is 1. The van der Waals surface area contributed by atoms with Gasteiger partial charge in [0, 0.05) is 24.9 Å². The molecule has 19 heavy (non-hydrogen) atoms. The third-order valence-corrected chi connectivity index (χ3v) is 3.74. The van der Waals surface area contributed by atoms with E-state index in [1.165, 1.54) is 30.4 Å². The maximum absolute atomic E-state index is 5.82. The second kappa shape index (κ2) is 7.51. The Labute approximate surface area is 116 Å². The molecule has 1 aliphatic carbocycles. The fraction of sp³-hybridized carbons (Fsp3) is 0.625. The summed E-state index contributed by atoms with van der Waals surface area (Å²) in [6, 6.07) is 6.80. The smallest absolute Gasteiger partial charge is 0.0478 e. The lowest BCUT2D eigenvalue weighted by molar-refractivity contribution is 0.128. The van der Waals surface area contributed by atoms with Gasteiger partial charge >= 0.3 is 0 Å². The lowest BCUT2D eigenvalue weighted by Crippen LogP contribution is -2.21. The fourth-order valence-corrected chi connectivity index (χ4v) is 2.65. The summed E-state index contributed by atoms with van der Waals surface area (Å²) in [5.74, 6) is 0. The van der Waals surface area contributed by atoms with Gasteiger partial charge < -0.3 is 15.8 Å². The number of anilines is 1. The number of hydrogen-bond acceptors (Lipinski definition) is 3. The Balaban J connectivity index is 1.66. The van der Waals surface area contributed by atoms with Crippen LogP contribution in [0.3, 0.4) is 0 Å². The van der Waals surface area contributed by atoms with Crippen LogP contribution in [0.1, 0.15) is 49.8 Å². The summed E-state index contributed by atoms with van der Waals surface area (Å²) in [4.78, 5) is 0. The van der Waals surface area contributed by atoms with Crippen molar-refractivity contribution in [1.82, 2.24) is 5.32 Å². The maximum Gasteiger partial charge on any atom is 0.0478 e. The summed E-state index contributed by atoms with van der Waals surface area (Å²) >= 11 is 0. The molecule has 1 aliphatic rings. The monoisotopic (exact) mass is 262 g/mol. The summed E-state index contributed by atoms with van der Waals surface area (Å²) in [6.45, 7) is 4.99. The van der Waals surface area contributed by atoms with Gasteiger partial charge in [-0.3, -0.25) is 0 Å². The lowest BCUT2D eigenvalue weighted by Gasteiger charge is -2.14. The van der Waals surface area contributed by atoms with E-state index >= 15 is 0 Å². The normalized spacial score (nSPS) is 17.6. The van der Waals surface area contributed by atoms with Crippen LogP contribution in [0.5, 0.6) is 0 Å². The maximum atomic E-state index is 5.82. The van der Waals surface area contributed by atoms with Crippen molar-refractivity contribution in [2.24, 2.45) is 0 Å². The number of ether oxygens (including phenoxy) is 1. The number of benzene rings is 1. The van der Waals surface area contributed by atoms with Gasteiger partial charge in [-0.05, 0) is 55.5 Å². The second-order valence-corrected chi connectivity index (χ2v) is 5.32. The van der Waals surface area contributed by atoms with Crippen LogP contribution in [0.25, 0.3) is 0 Å². The largest absolute Gasteiger partial charge is 0.399 e. The first-order valence-electron chi connectivity index (χ1n) is 7.50. The van der Waals surface area contributed by atoms with Gasteiger partial charge in [0.15, 0.2) is 0 Å². The zero-order chi connectivity index (χ0) is 13.5. The van der Waals surface area contributed by atoms with Gasteiger partial charge in [0.05, 0.1) is 0 Å². The molecule has 1 aromatic rings. The van der Waals surface area contributed by atoms with Gasteiger partial charge in [-0.2, -0.15) is 0 Å². The van der Waals surface area contributed by atoms with E-state index in [2.05, 4.69) is 24.4 Å². The average molecular weight is 262 g/mol. The van der Waals surface area contributed by atoms with Crippen molar-refractivity contribution in [3.05, 3.63) is 29.3 Å². The second-order valence-electron chi connectivity index (χ2n) is 5.32. The van der Waals surface area contributed by atoms with Crippen LogP contribution in [0.2, 0.25) is 0 Å². The fourth-order valence-electron chi connectivity index (χ4n) is 2.65. The molecule has 0 radical (unpaired) electrons. The van der Waals surface area contributed by atoms with Crippen molar-refractivity contribution in [3.8, 4) is 0 Å². The predicted octanol–water partition coefficient (Wildman–Crippen LogP) is 3.05. The van der Waals surface area contributed by atoms with Crippen LogP contribution < -0.4 is 11.1 Å². The minimum Gasteiger partial charge on any atom is -0.399 e. The highest BCUT2D eigenvalue weighted by Crippen LogP contribution is 2.32. The molecule has 3 nitrogen and oxygen atoms in total. The highest BCUT2D eigenvalue weighted by atomic mass is 16.5. The number of nitrogen functional groups attached to an aromatic ring is 1. The van der Waals surface area contributed by atoms with Crippen molar-refractivity contribution in [1.29, 1.82) is 0 Å². The van der Waals surface area contributed by atoms with Crippen LogP contribution in [-0.2, 0) is 11.2 Å². The van der Waals surface area contributed by atoms with Crippen molar-refractivity contribution in [3.63, 3.8) is 0 Å². The van der Waals surface area contributed by atoms with E-state index in [1.54, 1.807) is 0 Å². The molecule has 0 amide bonds. The molecule has 1 unspecified atom stereocenters. The van der Waals surface area contributed by atoms with E-state index in [1.807, 2.05) is 6.07 Å². The summed E-state index contributed by atoms with van der Waals surface area (Å²) in [5, 5.41) is 3.63. The standard InChI is InChI=1S/C16H26N2O/c1-2-3-10-19-11-4-9-18-16-8-5-13-12-14(17)6-7-15(13)16/h6-7,12,16,18H,2-5,8-11,17H2,1H3. The summed E-state index contributed by atoms with van der Waals surface area (Å²) in [7, 11) is 0. The Morgan fingerprint density at radius 3 is 3.00 bits per heavy atom. The molecule has 0 spiro atoms. The topological polar surface area (TPSA) is 47.3 Å². The number of hydrogen-bond donors (Lipinski definition) is 2.